The summed E-state index contributed by atoms with van der Waals surface area (Å²) in [6.07, 6.45) is 7.48. The van der Waals surface area contributed by atoms with Crippen molar-refractivity contribution >= 4 is 0 Å². The zero-order valence-corrected chi connectivity index (χ0v) is 12.0. The molecule has 0 amide bonds. The molecular formula is C16H14N6. The van der Waals surface area contributed by atoms with E-state index < -0.39 is 0 Å². The van der Waals surface area contributed by atoms with Crippen molar-refractivity contribution in [2.45, 2.75) is 0 Å². The van der Waals surface area contributed by atoms with E-state index in [2.05, 4.69) is 15.2 Å². The fraction of sp³-hybridized carbons (Fsp3) is 0.0625. The molecule has 0 atom stereocenters. The van der Waals surface area contributed by atoms with Crippen LogP contribution in [0.15, 0.2) is 61.2 Å². The Morgan fingerprint density at radius 1 is 1.05 bits per heavy atom. The van der Waals surface area contributed by atoms with E-state index in [1.54, 1.807) is 10.9 Å². The van der Waals surface area contributed by atoms with Crippen molar-refractivity contribution in [3.05, 3.63) is 61.2 Å². The fourth-order valence-electron chi connectivity index (χ4n) is 2.37. The summed E-state index contributed by atoms with van der Waals surface area (Å²) in [6.45, 7) is 0. The van der Waals surface area contributed by atoms with E-state index >= 15 is 0 Å². The molecule has 3 heterocycles. The Bertz CT molecular complexity index is 886. The lowest BCUT2D eigenvalue weighted by molar-refractivity contribution is 0.766. The molecule has 0 fully saturated rings. The number of aryl methyl sites for hydroxylation is 1. The number of nitrogens with zero attached hydrogens (tertiary/aromatic N) is 5. The molecule has 0 unspecified atom stereocenters. The first-order valence-corrected chi connectivity index (χ1v) is 6.96. The Morgan fingerprint density at radius 3 is 2.59 bits per heavy atom. The van der Waals surface area contributed by atoms with Crippen LogP contribution in [0.25, 0.3) is 28.5 Å². The van der Waals surface area contributed by atoms with Crippen LogP contribution in [-0.2, 0) is 7.05 Å². The number of aromatic nitrogens is 6. The smallest absolute Gasteiger partial charge is 0.182 e. The molecule has 108 valence electrons. The molecular weight excluding hydrogens is 276 g/mol. The lowest BCUT2D eigenvalue weighted by Gasteiger charge is -1.99. The first kappa shape index (κ1) is 12.6. The van der Waals surface area contributed by atoms with Gasteiger partial charge in [-0.3, -0.25) is 4.68 Å². The SMILES string of the molecule is Cn1cc(-n2nc(-c3ccccc3)nc2-c2cc[nH]c2)cn1. The van der Waals surface area contributed by atoms with Gasteiger partial charge in [0.05, 0.1) is 12.4 Å². The molecule has 0 spiro atoms. The van der Waals surface area contributed by atoms with E-state index in [0.29, 0.717) is 5.82 Å². The molecule has 0 saturated heterocycles. The van der Waals surface area contributed by atoms with E-state index in [1.807, 2.05) is 66.7 Å². The van der Waals surface area contributed by atoms with Crippen LogP contribution in [0.1, 0.15) is 0 Å². The first-order chi connectivity index (χ1) is 10.8. The van der Waals surface area contributed by atoms with Crippen LogP contribution in [0, 0.1) is 0 Å². The van der Waals surface area contributed by atoms with Crippen LogP contribution >= 0.6 is 0 Å². The van der Waals surface area contributed by atoms with Gasteiger partial charge in [0, 0.05) is 30.6 Å². The van der Waals surface area contributed by atoms with Gasteiger partial charge in [-0.25, -0.2) is 9.67 Å². The second-order valence-electron chi connectivity index (χ2n) is 5.01. The molecule has 0 radical (unpaired) electrons. The number of rotatable bonds is 3. The van der Waals surface area contributed by atoms with E-state index in [0.717, 1.165) is 22.6 Å². The molecule has 4 aromatic rings. The Kier molecular flexibility index (Phi) is 2.86. The van der Waals surface area contributed by atoms with Crippen molar-refractivity contribution < 1.29 is 0 Å². The third-order valence-corrected chi connectivity index (χ3v) is 3.43. The van der Waals surface area contributed by atoms with Crippen LogP contribution < -0.4 is 0 Å². The molecule has 1 N–H and O–H groups in total. The third kappa shape index (κ3) is 2.10. The Morgan fingerprint density at radius 2 is 1.91 bits per heavy atom. The third-order valence-electron chi connectivity index (χ3n) is 3.43. The first-order valence-electron chi connectivity index (χ1n) is 6.96. The van der Waals surface area contributed by atoms with E-state index in [1.165, 1.54) is 0 Å². The molecule has 22 heavy (non-hydrogen) atoms. The molecule has 0 aliphatic carbocycles. The van der Waals surface area contributed by atoms with Gasteiger partial charge in [0.25, 0.3) is 0 Å². The second-order valence-corrected chi connectivity index (χ2v) is 5.01. The van der Waals surface area contributed by atoms with Gasteiger partial charge in [-0.15, -0.1) is 5.10 Å². The number of H-pyrrole nitrogens is 1. The lowest BCUT2D eigenvalue weighted by Crippen LogP contribution is -1.98. The van der Waals surface area contributed by atoms with Crippen LogP contribution in [0.4, 0.5) is 0 Å². The summed E-state index contributed by atoms with van der Waals surface area (Å²) in [7, 11) is 1.88. The topological polar surface area (TPSA) is 64.3 Å². The van der Waals surface area contributed by atoms with Gasteiger partial charge in [-0.1, -0.05) is 30.3 Å². The van der Waals surface area contributed by atoms with Crippen molar-refractivity contribution in [2.75, 3.05) is 0 Å². The Hall–Kier alpha value is -3.15. The zero-order chi connectivity index (χ0) is 14.9. The monoisotopic (exact) mass is 290 g/mol. The molecule has 0 bridgehead atoms. The normalized spacial score (nSPS) is 11.0. The number of benzene rings is 1. The fourth-order valence-corrected chi connectivity index (χ4v) is 2.37. The minimum atomic E-state index is 0.695. The highest BCUT2D eigenvalue weighted by atomic mass is 15.4. The summed E-state index contributed by atoms with van der Waals surface area (Å²) in [5.74, 6) is 1.48. The van der Waals surface area contributed by atoms with Crippen LogP contribution in [0.2, 0.25) is 0 Å². The summed E-state index contributed by atoms with van der Waals surface area (Å²) in [5, 5.41) is 8.88. The maximum absolute atomic E-state index is 4.70. The molecule has 0 aliphatic rings. The second kappa shape index (κ2) is 5.00. The molecule has 6 heteroatoms. The summed E-state index contributed by atoms with van der Waals surface area (Å²) in [4.78, 5) is 7.76. The van der Waals surface area contributed by atoms with Gasteiger partial charge in [0.2, 0.25) is 0 Å². The number of aromatic amines is 1. The van der Waals surface area contributed by atoms with Crippen molar-refractivity contribution in [1.29, 1.82) is 0 Å². The van der Waals surface area contributed by atoms with E-state index in [-0.39, 0.29) is 0 Å². The van der Waals surface area contributed by atoms with Gasteiger partial charge in [-0.05, 0) is 6.07 Å². The van der Waals surface area contributed by atoms with Crippen LogP contribution in [-0.4, -0.2) is 29.5 Å². The van der Waals surface area contributed by atoms with E-state index in [9.17, 15) is 0 Å². The molecule has 1 aromatic carbocycles. The van der Waals surface area contributed by atoms with Gasteiger partial charge in [0.15, 0.2) is 11.6 Å². The molecule has 0 aliphatic heterocycles. The number of hydrogen-bond donors (Lipinski definition) is 1. The summed E-state index contributed by atoms with van der Waals surface area (Å²) in [5.41, 5.74) is 2.86. The summed E-state index contributed by atoms with van der Waals surface area (Å²) in [6, 6.07) is 11.9. The van der Waals surface area contributed by atoms with Crippen molar-refractivity contribution in [3.8, 4) is 28.5 Å². The predicted molar refractivity (Wildman–Crippen MR) is 83.3 cm³/mol. The van der Waals surface area contributed by atoms with Gasteiger partial charge in [0.1, 0.15) is 5.69 Å². The van der Waals surface area contributed by atoms with Crippen molar-refractivity contribution in [2.24, 2.45) is 7.05 Å². The predicted octanol–water partition coefficient (Wildman–Crippen LogP) is 2.66. The average Bonchev–Trinajstić information content (AvgIpc) is 3.27. The van der Waals surface area contributed by atoms with Crippen molar-refractivity contribution in [3.63, 3.8) is 0 Å². The highest BCUT2D eigenvalue weighted by Gasteiger charge is 2.15. The van der Waals surface area contributed by atoms with Crippen LogP contribution in [0.5, 0.6) is 0 Å². The molecule has 4 rings (SSSR count). The maximum atomic E-state index is 4.70. The quantitative estimate of drug-likeness (QED) is 0.631. The average molecular weight is 290 g/mol. The van der Waals surface area contributed by atoms with Gasteiger partial charge < -0.3 is 4.98 Å². The maximum Gasteiger partial charge on any atom is 0.182 e. The van der Waals surface area contributed by atoms with Gasteiger partial charge in [-0.2, -0.15) is 5.10 Å². The van der Waals surface area contributed by atoms with E-state index in [4.69, 9.17) is 4.98 Å². The van der Waals surface area contributed by atoms with Crippen LogP contribution in [0.3, 0.4) is 0 Å². The molecule has 6 nitrogen and oxygen atoms in total. The highest BCUT2D eigenvalue weighted by molar-refractivity contribution is 5.63. The largest absolute Gasteiger partial charge is 0.367 e. The molecule has 3 aromatic heterocycles. The summed E-state index contributed by atoms with van der Waals surface area (Å²) < 4.78 is 3.57. The summed E-state index contributed by atoms with van der Waals surface area (Å²) >= 11 is 0. The minimum Gasteiger partial charge on any atom is -0.367 e. The Balaban J connectivity index is 1.90. The standard InChI is InChI=1S/C16H14N6/c1-21-11-14(10-18-21)22-16(13-7-8-17-9-13)19-15(20-22)12-5-3-2-4-6-12/h2-11,17H,1H3. The number of hydrogen-bond acceptors (Lipinski definition) is 3. The highest BCUT2D eigenvalue weighted by Crippen LogP contribution is 2.24. The number of nitrogens with one attached hydrogen (secondary N) is 1. The lowest BCUT2D eigenvalue weighted by atomic mass is 10.2. The minimum absolute atomic E-state index is 0.695. The van der Waals surface area contributed by atoms with Gasteiger partial charge >= 0.3 is 0 Å². The zero-order valence-electron chi connectivity index (χ0n) is 12.0. The van der Waals surface area contributed by atoms with Crippen molar-refractivity contribution in [1.82, 2.24) is 29.5 Å². The Labute approximate surface area is 127 Å². The molecule has 0 saturated carbocycles.